The molecule has 0 aromatic carbocycles. The molecule has 0 aliphatic carbocycles. The zero-order chi connectivity index (χ0) is 9.97. The van der Waals surface area contributed by atoms with Crippen LogP contribution in [0.1, 0.15) is 0 Å². The van der Waals surface area contributed by atoms with Crippen LogP contribution in [0.5, 0.6) is 0 Å². The first-order valence-electron chi connectivity index (χ1n) is 4.40. The van der Waals surface area contributed by atoms with Crippen molar-refractivity contribution in [3.05, 3.63) is 24.1 Å². The molecule has 2 unspecified atom stereocenters. The Kier molecular flexibility index (Phi) is 2.41. The molecular formula is C9H11NO4. The lowest BCUT2D eigenvalue weighted by Gasteiger charge is -2.08. The Morgan fingerprint density at radius 2 is 2.57 bits per heavy atom. The van der Waals surface area contributed by atoms with Crippen LogP contribution in [-0.2, 0) is 14.3 Å². The van der Waals surface area contributed by atoms with Gasteiger partial charge in [-0.05, 0) is 12.2 Å². The number of nitrogens with one attached hydrogen (secondary N) is 1. The Labute approximate surface area is 81.0 Å². The van der Waals surface area contributed by atoms with Crippen molar-refractivity contribution in [2.24, 2.45) is 0 Å². The van der Waals surface area contributed by atoms with Gasteiger partial charge < -0.3 is 19.9 Å². The van der Waals surface area contributed by atoms with Crippen LogP contribution in [0.15, 0.2) is 24.1 Å². The highest BCUT2D eigenvalue weighted by molar-refractivity contribution is 5.88. The lowest BCUT2D eigenvalue weighted by atomic mass is 10.2. The van der Waals surface area contributed by atoms with Crippen LogP contribution in [0.2, 0.25) is 0 Å². The molecule has 0 aromatic heterocycles. The molecule has 5 nitrogen and oxygen atoms in total. The molecule has 2 rings (SSSR count). The quantitative estimate of drug-likeness (QED) is 0.585. The van der Waals surface area contributed by atoms with Gasteiger partial charge in [0, 0.05) is 0 Å². The summed E-state index contributed by atoms with van der Waals surface area (Å²) in [6.07, 6.45) is 5.03. The maximum Gasteiger partial charge on any atom is 0.354 e. The van der Waals surface area contributed by atoms with Crippen molar-refractivity contribution in [3.8, 4) is 0 Å². The maximum absolute atomic E-state index is 11.3. The van der Waals surface area contributed by atoms with Crippen LogP contribution >= 0.6 is 0 Å². The number of hydrogen-bond acceptors (Lipinski definition) is 5. The monoisotopic (exact) mass is 197 g/mol. The van der Waals surface area contributed by atoms with E-state index in [0.29, 0.717) is 5.70 Å². The highest BCUT2D eigenvalue weighted by Crippen LogP contribution is 2.20. The third-order valence-electron chi connectivity index (χ3n) is 2.07. The van der Waals surface area contributed by atoms with Gasteiger partial charge >= 0.3 is 5.97 Å². The van der Waals surface area contributed by atoms with Gasteiger partial charge in [-0.25, -0.2) is 4.79 Å². The van der Waals surface area contributed by atoms with E-state index in [2.05, 4.69) is 5.32 Å². The van der Waals surface area contributed by atoms with Crippen molar-refractivity contribution in [1.29, 1.82) is 0 Å². The van der Waals surface area contributed by atoms with Gasteiger partial charge in [0.1, 0.15) is 18.4 Å². The van der Waals surface area contributed by atoms with Gasteiger partial charge in [-0.3, -0.25) is 0 Å². The number of aliphatic hydroxyl groups is 1. The van der Waals surface area contributed by atoms with Gasteiger partial charge in [0.25, 0.3) is 0 Å². The van der Waals surface area contributed by atoms with Crippen molar-refractivity contribution in [1.82, 2.24) is 5.32 Å². The lowest BCUT2D eigenvalue weighted by molar-refractivity contribution is -0.140. The van der Waals surface area contributed by atoms with E-state index in [1.807, 2.05) is 6.08 Å². The van der Waals surface area contributed by atoms with Crippen molar-refractivity contribution < 1.29 is 19.4 Å². The number of aliphatic hydroxyl groups excluding tert-OH is 1. The number of carbonyl (C=O) groups excluding carboxylic acids is 1. The zero-order valence-electron chi connectivity index (χ0n) is 7.47. The topological polar surface area (TPSA) is 67.8 Å². The summed E-state index contributed by atoms with van der Waals surface area (Å²) >= 11 is 0. The molecule has 76 valence electrons. The summed E-state index contributed by atoms with van der Waals surface area (Å²) < 4.78 is 9.93. The largest absolute Gasteiger partial charge is 0.492 e. The molecule has 0 saturated carbocycles. The average molecular weight is 197 g/mol. The first-order valence-corrected chi connectivity index (χ1v) is 4.40. The number of rotatable bonds is 3. The minimum absolute atomic E-state index is 0.0177. The number of fused-ring (bicyclic) bond motifs is 1. The molecular weight excluding hydrogens is 186 g/mol. The first-order chi connectivity index (χ1) is 6.81. The molecule has 2 N–H and O–H groups in total. The predicted octanol–water partition coefficient (Wildman–Crippen LogP) is -0.710. The van der Waals surface area contributed by atoms with Crippen LogP contribution < -0.4 is 5.32 Å². The van der Waals surface area contributed by atoms with E-state index in [-0.39, 0.29) is 25.4 Å². The van der Waals surface area contributed by atoms with Crippen molar-refractivity contribution in [2.75, 3.05) is 13.2 Å². The van der Waals surface area contributed by atoms with E-state index in [1.54, 1.807) is 12.3 Å². The molecule has 0 aromatic rings. The summed E-state index contributed by atoms with van der Waals surface area (Å²) in [6, 6.07) is 0.0340. The highest BCUT2D eigenvalue weighted by Gasteiger charge is 2.32. The summed E-state index contributed by atoms with van der Waals surface area (Å²) in [5, 5.41) is 11.4. The minimum atomic E-state index is -0.453. The molecule has 2 aliphatic rings. The van der Waals surface area contributed by atoms with Gasteiger partial charge in [-0.15, -0.1) is 0 Å². The van der Waals surface area contributed by atoms with Gasteiger partial charge in [-0.2, -0.15) is 0 Å². The number of hydrogen-bond donors (Lipinski definition) is 2. The minimum Gasteiger partial charge on any atom is -0.492 e. The Morgan fingerprint density at radius 3 is 3.29 bits per heavy atom. The fourth-order valence-corrected chi connectivity index (χ4v) is 1.42. The van der Waals surface area contributed by atoms with Gasteiger partial charge in [-0.1, -0.05) is 0 Å². The Hall–Kier alpha value is -1.49. The second-order valence-corrected chi connectivity index (χ2v) is 3.04. The van der Waals surface area contributed by atoms with Gasteiger partial charge in [0.15, 0.2) is 0 Å². The van der Waals surface area contributed by atoms with E-state index in [0.717, 1.165) is 0 Å². The Morgan fingerprint density at radius 1 is 1.71 bits per heavy atom. The molecule has 2 aliphatic heterocycles. The molecule has 0 spiro atoms. The van der Waals surface area contributed by atoms with Gasteiger partial charge in [0.2, 0.25) is 0 Å². The SMILES string of the molecule is O=C(OCCO)C1=CC2OC=CC2N1. The first kappa shape index (κ1) is 9.08. The van der Waals surface area contributed by atoms with E-state index < -0.39 is 5.97 Å². The molecule has 0 saturated heterocycles. The molecule has 2 heterocycles. The Bertz CT molecular complexity index is 297. The molecule has 0 fully saturated rings. The number of ether oxygens (including phenoxy) is 2. The van der Waals surface area contributed by atoms with Crippen molar-refractivity contribution >= 4 is 5.97 Å². The second kappa shape index (κ2) is 3.71. The van der Waals surface area contributed by atoms with E-state index in [9.17, 15) is 4.79 Å². The summed E-state index contributed by atoms with van der Waals surface area (Å²) in [5.41, 5.74) is 0.401. The summed E-state index contributed by atoms with van der Waals surface area (Å²) in [7, 11) is 0. The highest BCUT2D eigenvalue weighted by atomic mass is 16.5. The standard InChI is InChI=1S/C9H11NO4/c11-2-4-14-9(12)7-5-8-6(10-7)1-3-13-8/h1,3,5-6,8,10-11H,2,4H2. The second-order valence-electron chi connectivity index (χ2n) is 3.04. The van der Waals surface area contributed by atoms with Crippen LogP contribution in [0.4, 0.5) is 0 Å². The van der Waals surface area contributed by atoms with Crippen LogP contribution in [0.25, 0.3) is 0 Å². The zero-order valence-corrected chi connectivity index (χ0v) is 7.47. The summed E-state index contributed by atoms with van der Waals surface area (Å²) in [6.45, 7) is -0.147. The van der Waals surface area contributed by atoms with Crippen LogP contribution in [0.3, 0.4) is 0 Å². The Balaban J connectivity index is 1.91. The van der Waals surface area contributed by atoms with E-state index >= 15 is 0 Å². The predicted molar refractivity (Wildman–Crippen MR) is 47.1 cm³/mol. The summed E-state index contributed by atoms with van der Waals surface area (Å²) in [4.78, 5) is 11.3. The van der Waals surface area contributed by atoms with Crippen molar-refractivity contribution in [3.63, 3.8) is 0 Å². The average Bonchev–Trinajstić information content (AvgIpc) is 2.72. The van der Waals surface area contributed by atoms with Gasteiger partial charge in [0.05, 0.1) is 18.9 Å². The normalized spacial score (nSPS) is 27.6. The number of carbonyl (C=O) groups is 1. The van der Waals surface area contributed by atoms with Crippen LogP contribution in [-0.4, -0.2) is 36.4 Å². The maximum atomic E-state index is 11.3. The van der Waals surface area contributed by atoms with Crippen molar-refractivity contribution in [2.45, 2.75) is 12.1 Å². The summed E-state index contributed by atoms with van der Waals surface area (Å²) in [5.74, 6) is -0.453. The molecule has 5 heteroatoms. The van der Waals surface area contributed by atoms with E-state index in [1.165, 1.54) is 0 Å². The fourth-order valence-electron chi connectivity index (χ4n) is 1.42. The third-order valence-corrected chi connectivity index (χ3v) is 2.07. The molecule has 0 bridgehead atoms. The smallest absolute Gasteiger partial charge is 0.354 e. The molecule has 14 heavy (non-hydrogen) atoms. The lowest BCUT2D eigenvalue weighted by Crippen LogP contribution is -2.29. The van der Waals surface area contributed by atoms with E-state index in [4.69, 9.17) is 14.6 Å². The van der Waals surface area contributed by atoms with Crippen LogP contribution in [0, 0.1) is 0 Å². The third kappa shape index (κ3) is 1.58. The molecule has 2 atom stereocenters. The molecule has 0 radical (unpaired) electrons. The number of esters is 1. The fraction of sp³-hybridized carbons (Fsp3) is 0.444. The molecule has 0 amide bonds.